The summed E-state index contributed by atoms with van der Waals surface area (Å²) in [5.41, 5.74) is 6.35. The number of para-hydroxylation sites is 1. The minimum atomic E-state index is -1.64. The van der Waals surface area contributed by atoms with Crippen molar-refractivity contribution in [3.63, 3.8) is 0 Å². The minimum absolute atomic E-state index is 0.133. The van der Waals surface area contributed by atoms with Crippen LogP contribution in [0.4, 0.5) is 24.5 Å². The number of benzene rings is 2. The summed E-state index contributed by atoms with van der Waals surface area (Å²) in [6.07, 6.45) is 0. The average Bonchev–Trinajstić information content (AvgIpc) is 2.42. The second kappa shape index (κ2) is 5.24. The first-order valence-electron chi connectivity index (χ1n) is 5.71. The molecule has 1 amide bonds. The van der Waals surface area contributed by atoms with Gasteiger partial charge in [0.1, 0.15) is 0 Å². The van der Waals surface area contributed by atoms with Crippen molar-refractivity contribution in [2.45, 2.75) is 6.92 Å². The van der Waals surface area contributed by atoms with Gasteiger partial charge in [0.15, 0.2) is 17.5 Å². The van der Waals surface area contributed by atoms with Crippen LogP contribution in [0.25, 0.3) is 0 Å². The highest BCUT2D eigenvalue weighted by molar-refractivity contribution is 6.08. The summed E-state index contributed by atoms with van der Waals surface area (Å²) in [7, 11) is 0. The highest BCUT2D eigenvalue weighted by Gasteiger charge is 2.17. The van der Waals surface area contributed by atoms with E-state index >= 15 is 0 Å². The molecular formula is C14H11F3N2O. The van der Waals surface area contributed by atoms with Crippen LogP contribution in [0.3, 0.4) is 0 Å². The van der Waals surface area contributed by atoms with Gasteiger partial charge >= 0.3 is 0 Å². The van der Waals surface area contributed by atoms with E-state index in [2.05, 4.69) is 5.32 Å². The number of amides is 1. The maximum atomic E-state index is 13.5. The Kier molecular flexibility index (Phi) is 3.65. The molecule has 2 aromatic rings. The van der Waals surface area contributed by atoms with Gasteiger partial charge in [-0.1, -0.05) is 12.1 Å². The summed E-state index contributed by atoms with van der Waals surface area (Å²) in [5.74, 6) is -5.11. The third kappa shape index (κ3) is 2.45. The van der Waals surface area contributed by atoms with Crippen LogP contribution in [0.5, 0.6) is 0 Å². The van der Waals surface area contributed by atoms with Crippen LogP contribution in [0.1, 0.15) is 15.9 Å². The summed E-state index contributed by atoms with van der Waals surface area (Å²) >= 11 is 0. The van der Waals surface area contributed by atoms with Gasteiger partial charge in [0, 0.05) is 5.69 Å². The molecule has 2 rings (SSSR count). The fourth-order valence-electron chi connectivity index (χ4n) is 1.69. The number of anilines is 2. The standard InChI is InChI=1S/C14H11F3N2O/c1-7-3-2-4-8(13(7)18)14(20)19-10-6-5-9(15)11(16)12(10)17/h2-6H,18H2,1H3,(H,19,20). The molecular weight excluding hydrogens is 269 g/mol. The number of hydrogen-bond donors (Lipinski definition) is 2. The largest absolute Gasteiger partial charge is 0.398 e. The maximum absolute atomic E-state index is 13.5. The van der Waals surface area contributed by atoms with E-state index in [1.54, 1.807) is 19.1 Å². The molecule has 0 atom stereocenters. The van der Waals surface area contributed by atoms with Crippen molar-refractivity contribution in [1.29, 1.82) is 0 Å². The summed E-state index contributed by atoms with van der Waals surface area (Å²) in [5, 5.41) is 2.16. The highest BCUT2D eigenvalue weighted by atomic mass is 19.2. The van der Waals surface area contributed by atoms with Gasteiger partial charge in [0.25, 0.3) is 5.91 Å². The smallest absolute Gasteiger partial charge is 0.257 e. The van der Waals surface area contributed by atoms with Crippen LogP contribution in [0, 0.1) is 24.4 Å². The molecule has 0 aromatic heterocycles. The van der Waals surface area contributed by atoms with Crippen LogP contribution in [0.15, 0.2) is 30.3 Å². The molecule has 0 heterocycles. The van der Waals surface area contributed by atoms with Crippen molar-refractivity contribution in [1.82, 2.24) is 0 Å². The Morgan fingerprint density at radius 2 is 1.80 bits per heavy atom. The van der Waals surface area contributed by atoms with Crippen LogP contribution >= 0.6 is 0 Å². The topological polar surface area (TPSA) is 55.1 Å². The normalized spacial score (nSPS) is 10.4. The van der Waals surface area contributed by atoms with Gasteiger partial charge in [-0.15, -0.1) is 0 Å². The molecule has 20 heavy (non-hydrogen) atoms. The Morgan fingerprint density at radius 1 is 1.10 bits per heavy atom. The van der Waals surface area contributed by atoms with Gasteiger partial charge in [0.05, 0.1) is 11.3 Å². The fourth-order valence-corrected chi connectivity index (χ4v) is 1.69. The second-order valence-electron chi connectivity index (χ2n) is 4.21. The molecule has 0 saturated heterocycles. The maximum Gasteiger partial charge on any atom is 0.257 e. The van der Waals surface area contributed by atoms with E-state index in [-0.39, 0.29) is 11.3 Å². The van der Waals surface area contributed by atoms with Gasteiger partial charge in [-0.25, -0.2) is 13.2 Å². The van der Waals surface area contributed by atoms with Crippen molar-refractivity contribution in [2.75, 3.05) is 11.1 Å². The van der Waals surface area contributed by atoms with E-state index in [1.807, 2.05) is 0 Å². The van der Waals surface area contributed by atoms with Gasteiger partial charge in [-0.3, -0.25) is 4.79 Å². The molecule has 0 fully saturated rings. The van der Waals surface area contributed by atoms with Gasteiger partial charge < -0.3 is 11.1 Å². The van der Waals surface area contributed by atoms with Gasteiger partial charge in [0.2, 0.25) is 0 Å². The van der Waals surface area contributed by atoms with Crippen LogP contribution in [0.2, 0.25) is 0 Å². The highest BCUT2D eigenvalue weighted by Crippen LogP contribution is 2.22. The first kappa shape index (κ1) is 13.9. The number of nitrogens with one attached hydrogen (secondary N) is 1. The molecule has 0 radical (unpaired) electrons. The number of nitrogen functional groups attached to an aromatic ring is 1. The number of rotatable bonds is 2. The molecule has 6 heteroatoms. The van der Waals surface area contributed by atoms with Gasteiger partial charge in [-0.2, -0.15) is 0 Å². The molecule has 0 aliphatic carbocycles. The summed E-state index contributed by atoms with van der Waals surface area (Å²) in [4.78, 5) is 12.0. The van der Waals surface area contributed by atoms with Crippen LogP contribution in [-0.2, 0) is 0 Å². The predicted molar refractivity (Wildman–Crippen MR) is 69.9 cm³/mol. The van der Waals surface area contributed by atoms with E-state index in [0.29, 0.717) is 5.56 Å². The fraction of sp³-hybridized carbons (Fsp3) is 0.0714. The van der Waals surface area contributed by atoms with E-state index in [9.17, 15) is 18.0 Å². The first-order chi connectivity index (χ1) is 9.41. The number of hydrogen-bond acceptors (Lipinski definition) is 2. The molecule has 0 saturated carbocycles. The average molecular weight is 280 g/mol. The zero-order chi connectivity index (χ0) is 14.9. The molecule has 0 aliphatic rings. The summed E-state index contributed by atoms with van der Waals surface area (Å²) in [6, 6.07) is 6.45. The van der Waals surface area contributed by atoms with E-state index < -0.39 is 29.0 Å². The monoisotopic (exact) mass is 280 g/mol. The number of carbonyl (C=O) groups is 1. The number of aryl methyl sites for hydroxylation is 1. The molecule has 3 nitrogen and oxygen atoms in total. The van der Waals surface area contributed by atoms with E-state index in [0.717, 1.165) is 12.1 Å². The van der Waals surface area contributed by atoms with Crippen molar-refractivity contribution in [3.8, 4) is 0 Å². The van der Waals surface area contributed by atoms with E-state index in [1.165, 1.54) is 6.07 Å². The van der Waals surface area contributed by atoms with Crippen molar-refractivity contribution >= 4 is 17.3 Å². The van der Waals surface area contributed by atoms with Crippen LogP contribution in [-0.4, -0.2) is 5.91 Å². The van der Waals surface area contributed by atoms with Crippen molar-refractivity contribution in [3.05, 3.63) is 58.9 Å². The predicted octanol–water partition coefficient (Wildman–Crippen LogP) is 3.25. The molecule has 104 valence electrons. The number of halogens is 3. The third-order valence-electron chi connectivity index (χ3n) is 2.85. The molecule has 0 bridgehead atoms. The number of carbonyl (C=O) groups excluding carboxylic acids is 1. The Hall–Kier alpha value is -2.50. The Balaban J connectivity index is 2.33. The Bertz CT molecular complexity index is 686. The minimum Gasteiger partial charge on any atom is -0.398 e. The summed E-state index contributed by atoms with van der Waals surface area (Å²) in [6.45, 7) is 1.71. The zero-order valence-electron chi connectivity index (χ0n) is 10.5. The molecule has 0 aliphatic heterocycles. The van der Waals surface area contributed by atoms with Crippen molar-refractivity contribution < 1.29 is 18.0 Å². The quantitative estimate of drug-likeness (QED) is 0.655. The lowest BCUT2D eigenvalue weighted by molar-refractivity contribution is 0.102. The first-order valence-corrected chi connectivity index (χ1v) is 5.71. The lowest BCUT2D eigenvalue weighted by atomic mass is 10.1. The molecule has 0 unspecified atom stereocenters. The van der Waals surface area contributed by atoms with Gasteiger partial charge in [-0.05, 0) is 30.7 Å². The van der Waals surface area contributed by atoms with Crippen LogP contribution < -0.4 is 11.1 Å². The zero-order valence-corrected chi connectivity index (χ0v) is 10.5. The lowest BCUT2D eigenvalue weighted by Crippen LogP contribution is -2.16. The second-order valence-corrected chi connectivity index (χ2v) is 4.21. The third-order valence-corrected chi connectivity index (χ3v) is 2.85. The molecule has 0 spiro atoms. The lowest BCUT2D eigenvalue weighted by Gasteiger charge is -2.10. The van der Waals surface area contributed by atoms with E-state index in [4.69, 9.17) is 5.73 Å². The number of nitrogens with two attached hydrogens (primary N) is 1. The van der Waals surface area contributed by atoms with Crippen molar-refractivity contribution in [2.24, 2.45) is 0 Å². The SMILES string of the molecule is Cc1cccc(C(=O)Nc2ccc(F)c(F)c2F)c1N. The molecule has 3 N–H and O–H groups in total. The Labute approximate surface area is 113 Å². The summed E-state index contributed by atoms with van der Waals surface area (Å²) < 4.78 is 39.3. The molecule has 2 aromatic carbocycles. The Morgan fingerprint density at radius 3 is 2.50 bits per heavy atom.